The van der Waals surface area contributed by atoms with Crippen molar-refractivity contribution in [1.29, 1.82) is 0 Å². The van der Waals surface area contributed by atoms with E-state index in [1.807, 2.05) is 0 Å². The molecule has 0 heterocycles. The van der Waals surface area contributed by atoms with Crippen LogP contribution in [-0.2, 0) is 0 Å². The molecule has 1 N–H and O–H groups in total. The van der Waals surface area contributed by atoms with Gasteiger partial charge in [-0.2, -0.15) is 0 Å². The maximum atomic E-state index is 3.46. The van der Waals surface area contributed by atoms with Gasteiger partial charge in [0.15, 0.2) is 0 Å². The van der Waals surface area contributed by atoms with Crippen molar-refractivity contribution in [3.63, 3.8) is 0 Å². The summed E-state index contributed by atoms with van der Waals surface area (Å²) in [6, 6.07) is 0.626. The van der Waals surface area contributed by atoms with E-state index in [0.717, 1.165) is 6.54 Å². The molecule has 0 aliphatic heterocycles. The van der Waals surface area contributed by atoms with Gasteiger partial charge in [-0.25, -0.2) is 0 Å². The van der Waals surface area contributed by atoms with Crippen molar-refractivity contribution >= 4 is 0 Å². The highest BCUT2D eigenvalue weighted by molar-refractivity contribution is 4.59. The predicted molar refractivity (Wildman–Crippen MR) is 64.8 cm³/mol. The van der Waals surface area contributed by atoms with Gasteiger partial charge < -0.3 is 10.2 Å². The van der Waals surface area contributed by atoms with Crippen LogP contribution in [0.1, 0.15) is 47.0 Å². The van der Waals surface area contributed by atoms with Crippen LogP contribution in [0.3, 0.4) is 0 Å². The number of hydrogen-bond acceptors (Lipinski definition) is 2. The lowest BCUT2D eigenvalue weighted by Crippen LogP contribution is -2.30. The van der Waals surface area contributed by atoms with E-state index in [0.29, 0.717) is 6.04 Å². The molecule has 0 aromatic carbocycles. The summed E-state index contributed by atoms with van der Waals surface area (Å²) in [5.74, 6) is 0. The molecule has 0 aliphatic rings. The first-order valence-corrected chi connectivity index (χ1v) is 6.16. The smallest absolute Gasteiger partial charge is 0.00103 e. The molecule has 0 saturated carbocycles. The van der Waals surface area contributed by atoms with Crippen LogP contribution in [0.4, 0.5) is 0 Å². The zero-order valence-electron chi connectivity index (χ0n) is 10.5. The zero-order valence-corrected chi connectivity index (χ0v) is 10.5. The summed E-state index contributed by atoms with van der Waals surface area (Å²) in [6.07, 6.45) is 3.83. The second kappa shape index (κ2) is 9.47. The minimum absolute atomic E-state index is 0.626. The van der Waals surface area contributed by atoms with E-state index in [4.69, 9.17) is 0 Å². The lowest BCUT2D eigenvalue weighted by atomic mass is 10.3. The molecule has 0 amide bonds. The third-order valence-corrected chi connectivity index (χ3v) is 2.28. The minimum atomic E-state index is 0.626. The van der Waals surface area contributed by atoms with Crippen LogP contribution in [0, 0.1) is 0 Å². The average Bonchev–Trinajstić information content (AvgIpc) is 2.12. The van der Waals surface area contributed by atoms with Gasteiger partial charge in [-0.05, 0) is 45.4 Å². The molecule has 0 fully saturated rings. The van der Waals surface area contributed by atoms with Crippen LogP contribution in [0.25, 0.3) is 0 Å². The predicted octanol–water partition coefficient (Wildman–Crippen LogP) is 2.50. The van der Waals surface area contributed by atoms with Crippen molar-refractivity contribution in [2.75, 3.05) is 26.2 Å². The third-order valence-electron chi connectivity index (χ3n) is 2.28. The summed E-state index contributed by atoms with van der Waals surface area (Å²) in [7, 11) is 0. The van der Waals surface area contributed by atoms with Gasteiger partial charge in [0.05, 0.1) is 0 Å². The van der Waals surface area contributed by atoms with Gasteiger partial charge in [-0.1, -0.05) is 27.7 Å². The Hall–Kier alpha value is -0.0800. The topological polar surface area (TPSA) is 15.3 Å². The molecule has 0 spiro atoms. The van der Waals surface area contributed by atoms with E-state index in [2.05, 4.69) is 37.9 Å². The SMILES string of the molecule is CCCN(CCC)CCCNC(C)C. The minimum Gasteiger partial charge on any atom is -0.314 e. The summed E-state index contributed by atoms with van der Waals surface area (Å²) < 4.78 is 0. The van der Waals surface area contributed by atoms with Crippen LogP contribution in [-0.4, -0.2) is 37.1 Å². The molecule has 0 rings (SSSR count). The van der Waals surface area contributed by atoms with E-state index in [9.17, 15) is 0 Å². The highest BCUT2D eigenvalue weighted by Gasteiger charge is 2.01. The van der Waals surface area contributed by atoms with Crippen molar-refractivity contribution in [1.82, 2.24) is 10.2 Å². The van der Waals surface area contributed by atoms with Gasteiger partial charge in [-0.15, -0.1) is 0 Å². The lowest BCUT2D eigenvalue weighted by molar-refractivity contribution is 0.269. The molecule has 86 valence electrons. The Balaban J connectivity index is 3.40. The number of nitrogens with one attached hydrogen (secondary N) is 1. The third kappa shape index (κ3) is 8.52. The van der Waals surface area contributed by atoms with Crippen LogP contribution in [0.5, 0.6) is 0 Å². The second-order valence-corrected chi connectivity index (χ2v) is 4.30. The van der Waals surface area contributed by atoms with Gasteiger partial charge in [-0.3, -0.25) is 0 Å². The standard InChI is InChI=1S/C12H28N2/c1-5-9-14(10-6-2)11-7-8-13-12(3)4/h12-13H,5-11H2,1-4H3. The van der Waals surface area contributed by atoms with E-state index in [-0.39, 0.29) is 0 Å². The molecule has 0 bridgehead atoms. The van der Waals surface area contributed by atoms with E-state index in [1.165, 1.54) is 38.9 Å². The number of rotatable bonds is 9. The fraction of sp³-hybridized carbons (Fsp3) is 1.00. The summed E-state index contributed by atoms with van der Waals surface area (Å²) in [6.45, 7) is 13.9. The first kappa shape index (κ1) is 13.9. The first-order valence-electron chi connectivity index (χ1n) is 6.16. The molecule has 14 heavy (non-hydrogen) atoms. The molecule has 0 saturated heterocycles. The molecular formula is C12H28N2. The maximum absolute atomic E-state index is 3.46. The highest BCUT2D eigenvalue weighted by atomic mass is 15.1. The van der Waals surface area contributed by atoms with Crippen molar-refractivity contribution in [3.05, 3.63) is 0 Å². The molecular weight excluding hydrogens is 172 g/mol. The average molecular weight is 200 g/mol. The summed E-state index contributed by atoms with van der Waals surface area (Å²) in [5.41, 5.74) is 0. The maximum Gasteiger partial charge on any atom is 0.00103 e. The molecule has 0 radical (unpaired) electrons. The summed E-state index contributed by atoms with van der Waals surface area (Å²) in [5, 5.41) is 3.46. The zero-order chi connectivity index (χ0) is 10.8. The Labute approximate surface area is 90.1 Å². The van der Waals surface area contributed by atoms with Crippen LogP contribution in [0.15, 0.2) is 0 Å². The Kier molecular flexibility index (Phi) is 9.42. The van der Waals surface area contributed by atoms with Gasteiger partial charge >= 0.3 is 0 Å². The Morgan fingerprint density at radius 3 is 2.00 bits per heavy atom. The monoisotopic (exact) mass is 200 g/mol. The molecule has 0 unspecified atom stereocenters. The van der Waals surface area contributed by atoms with Gasteiger partial charge in [0.2, 0.25) is 0 Å². The van der Waals surface area contributed by atoms with Crippen molar-refractivity contribution in [2.24, 2.45) is 0 Å². The summed E-state index contributed by atoms with van der Waals surface area (Å²) in [4.78, 5) is 2.57. The molecule has 2 nitrogen and oxygen atoms in total. The van der Waals surface area contributed by atoms with Crippen molar-refractivity contribution in [2.45, 2.75) is 53.0 Å². The van der Waals surface area contributed by atoms with Crippen LogP contribution < -0.4 is 5.32 Å². The lowest BCUT2D eigenvalue weighted by Gasteiger charge is -2.21. The van der Waals surface area contributed by atoms with Gasteiger partial charge in [0.1, 0.15) is 0 Å². The first-order chi connectivity index (χ1) is 6.70. The fourth-order valence-corrected chi connectivity index (χ4v) is 1.66. The highest BCUT2D eigenvalue weighted by Crippen LogP contribution is 1.95. The Morgan fingerprint density at radius 1 is 1.00 bits per heavy atom. The van der Waals surface area contributed by atoms with E-state index >= 15 is 0 Å². The number of hydrogen-bond donors (Lipinski definition) is 1. The Bertz CT molecular complexity index is 107. The van der Waals surface area contributed by atoms with Crippen LogP contribution >= 0.6 is 0 Å². The molecule has 0 aromatic heterocycles. The second-order valence-electron chi connectivity index (χ2n) is 4.30. The normalized spacial score (nSPS) is 11.6. The Morgan fingerprint density at radius 2 is 1.57 bits per heavy atom. The molecule has 0 aromatic rings. The van der Waals surface area contributed by atoms with Gasteiger partial charge in [0, 0.05) is 6.04 Å². The molecule has 0 aliphatic carbocycles. The molecule has 2 heteroatoms. The van der Waals surface area contributed by atoms with Crippen molar-refractivity contribution < 1.29 is 0 Å². The van der Waals surface area contributed by atoms with E-state index < -0.39 is 0 Å². The summed E-state index contributed by atoms with van der Waals surface area (Å²) >= 11 is 0. The molecule has 0 atom stereocenters. The van der Waals surface area contributed by atoms with Gasteiger partial charge in [0.25, 0.3) is 0 Å². The van der Waals surface area contributed by atoms with E-state index in [1.54, 1.807) is 0 Å². The number of nitrogens with zero attached hydrogens (tertiary/aromatic N) is 1. The van der Waals surface area contributed by atoms with Crippen LogP contribution in [0.2, 0.25) is 0 Å². The quantitative estimate of drug-likeness (QED) is 0.575. The fourth-order valence-electron chi connectivity index (χ4n) is 1.66. The van der Waals surface area contributed by atoms with Crippen molar-refractivity contribution in [3.8, 4) is 0 Å². The largest absolute Gasteiger partial charge is 0.314 e.